The van der Waals surface area contributed by atoms with Gasteiger partial charge in [0, 0.05) is 29.6 Å². The monoisotopic (exact) mass is 469 g/mol. The van der Waals surface area contributed by atoms with E-state index in [4.69, 9.17) is 4.98 Å². The molecular weight excluding hydrogens is 438 g/mol. The molecule has 174 valence electrons. The molecule has 4 rings (SSSR count). The fourth-order valence-electron chi connectivity index (χ4n) is 3.98. The highest BCUT2D eigenvalue weighted by molar-refractivity contribution is 7.09. The molecule has 0 bridgehead atoms. The maximum Gasteiger partial charge on any atom is 0.113 e. The van der Waals surface area contributed by atoms with Crippen molar-refractivity contribution in [1.82, 2.24) is 20.0 Å². The molecule has 0 fully saturated rings. The van der Waals surface area contributed by atoms with E-state index in [-0.39, 0.29) is 5.92 Å². The minimum Gasteiger partial charge on any atom is -0.262 e. The van der Waals surface area contributed by atoms with Gasteiger partial charge in [-0.2, -0.15) is 0 Å². The van der Waals surface area contributed by atoms with E-state index in [1.165, 1.54) is 5.56 Å². The fraction of sp³-hybridized carbons (Fsp3) is 0.286. The molecule has 0 radical (unpaired) electrons. The number of hydrogen-bond donors (Lipinski definition) is 0. The Morgan fingerprint density at radius 1 is 1.15 bits per heavy atom. The maximum atomic E-state index is 4.92. The van der Waals surface area contributed by atoms with Gasteiger partial charge < -0.3 is 0 Å². The number of hydrogen-bond acceptors (Lipinski definition) is 5. The quantitative estimate of drug-likeness (QED) is 0.245. The Bertz CT molecular complexity index is 1310. The molecule has 1 atom stereocenters. The lowest BCUT2D eigenvalue weighted by molar-refractivity contribution is 0.438. The summed E-state index contributed by atoms with van der Waals surface area (Å²) in [5.41, 5.74) is 6.27. The molecule has 34 heavy (non-hydrogen) atoms. The van der Waals surface area contributed by atoms with Crippen LogP contribution in [0.15, 0.2) is 83.3 Å². The first kappa shape index (κ1) is 23.8. The summed E-state index contributed by atoms with van der Waals surface area (Å²) in [5, 5.41) is 12.0. The van der Waals surface area contributed by atoms with Crippen molar-refractivity contribution < 1.29 is 0 Å². The van der Waals surface area contributed by atoms with Crippen molar-refractivity contribution in [1.29, 1.82) is 0 Å². The Morgan fingerprint density at radius 3 is 2.82 bits per heavy atom. The molecule has 4 aromatic rings. The third-order valence-corrected chi connectivity index (χ3v) is 6.84. The first-order valence-corrected chi connectivity index (χ1v) is 12.6. The summed E-state index contributed by atoms with van der Waals surface area (Å²) in [4.78, 5) is 9.45. The number of nitrogens with zero attached hydrogens (tertiary/aromatic N) is 5. The van der Waals surface area contributed by atoms with Crippen molar-refractivity contribution in [2.24, 2.45) is 16.8 Å². The summed E-state index contributed by atoms with van der Waals surface area (Å²) < 4.78 is 1.90. The zero-order chi connectivity index (χ0) is 23.9. The van der Waals surface area contributed by atoms with Gasteiger partial charge in [0.25, 0.3) is 0 Å². The van der Waals surface area contributed by atoms with Gasteiger partial charge in [0.15, 0.2) is 0 Å². The summed E-state index contributed by atoms with van der Waals surface area (Å²) in [7, 11) is 0. The van der Waals surface area contributed by atoms with E-state index >= 15 is 0 Å². The summed E-state index contributed by atoms with van der Waals surface area (Å²) in [5.74, 6) is 0.743. The van der Waals surface area contributed by atoms with Gasteiger partial charge in [-0.3, -0.25) is 4.99 Å². The van der Waals surface area contributed by atoms with Crippen LogP contribution in [0, 0.1) is 11.8 Å². The first-order chi connectivity index (χ1) is 16.5. The largest absolute Gasteiger partial charge is 0.262 e. The first-order valence-electron chi connectivity index (χ1n) is 11.7. The number of aryl methyl sites for hydroxylation is 2. The highest BCUT2D eigenvalue weighted by Gasteiger charge is 2.19. The van der Waals surface area contributed by atoms with Crippen molar-refractivity contribution in [2.75, 3.05) is 0 Å². The lowest BCUT2D eigenvalue weighted by Crippen LogP contribution is -2.13. The molecule has 0 amide bonds. The van der Waals surface area contributed by atoms with Gasteiger partial charge in [0.2, 0.25) is 0 Å². The normalized spacial score (nSPS) is 12.9. The Balaban J connectivity index is 1.41. The smallest absolute Gasteiger partial charge is 0.113 e. The molecule has 1 unspecified atom stereocenters. The van der Waals surface area contributed by atoms with Gasteiger partial charge in [-0.15, -0.1) is 16.4 Å². The molecule has 0 aliphatic carbocycles. The van der Waals surface area contributed by atoms with E-state index in [1.54, 1.807) is 11.3 Å². The van der Waals surface area contributed by atoms with Crippen LogP contribution < -0.4 is 0 Å². The van der Waals surface area contributed by atoms with E-state index in [9.17, 15) is 0 Å². The second-order valence-corrected chi connectivity index (χ2v) is 9.69. The van der Waals surface area contributed by atoms with Gasteiger partial charge in [-0.05, 0) is 61.6 Å². The molecule has 2 heterocycles. The Hall–Kier alpha value is -3.38. The van der Waals surface area contributed by atoms with Gasteiger partial charge in [0.1, 0.15) is 5.52 Å². The minimum absolute atomic E-state index is 0.287. The Kier molecular flexibility index (Phi) is 7.80. The molecular formula is C28H31N5S. The Labute approximate surface area is 205 Å². The van der Waals surface area contributed by atoms with E-state index in [0.717, 1.165) is 52.4 Å². The molecule has 0 saturated carbocycles. The molecule has 0 N–H and O–H groups in total. The van der Waals surface area contributed by atoms with Crippen LogP contribution in [-0.4, -0.2) is 26.2 Å². The predicted octanol–water partition coefficient (Wildman–Crippen LogP) is 6.64. The summed E-state index contributed by atoms with van der Waals surface area (Å²) in [6.07, 6.45) is 8.44. The van der Waals surface area contributed by atoms with Crippen LogP contribution in [0.5, 0.6) is 0 Å². The lowest BCUT2D eigenvalue weighted by Gasteiger charge is -2.19. The highest BCUT2D eigenvalue weighted by Crippen LogP contribution is 2.27. The number of aliphatic imine (C=N–C) groups is 1. The third-order valence-electron chi connectivity index (χ3n) is 5.92. The van der Waals surface area contributed by atoms with Crippen molar-refractivity contribution in [3.63, 3.8) is 0 Å². The summed E-state index contributed by atoms with van der Waals surface area (Å²) in [6, 6.07) is 16.5. The standard InChI is InChI=1S/C28H31N5S/c1-5-6-16-29-21(4)25(20(2)3)18-28-30-23(19-34-28)15-14-22-10-9-11-24(17-22)33-27-13-8-7-12-26(27)31-32-33/h5-13,16-17,19-20,25H,4,14-15,18H2,1-3H3/b6-5-,29-16-. The molecule has 2 aromatic heterocycles. The fourth-order valence-corrected chi connectivity index (χ4v) is 4.87. The predicted molar refractivity (Wildman–Crippen MR) is 143 cm³/mol. The summed E-state index contributed by atoms with van der Waals surface area (Å²) in [6.45, 7) is 10.6. The molecule has 2 aromatic carbocycles. The second kappa shape index (κ2) is 11.2. The van der Waals surface area contributed by atoms with E-state index < -0.39 is 0 Å². The number of benzene rings is 2. The van der Waals surface area contributed by atoms with E-state index in [2.05, 4.69) is 65.4 Å². The molecule has 6 heteroatoms. The van der Waals surface area contributed by atoms with Crippen LogP contribution in [0.2, 0.25) is 0 Å². The molecule has 0 spiro atoms. The van der Waals surface area contributed by atoms with Crippen LogP contribution in [0.25, 0.3) is 16.7 Å². The van der Waals surface area contributed by atoms with Gasteiger partial charge in [-0.25, -0.2) is 9.67 Å². The maximum absolute atomic E-state index is 4.92. The number of aromatic nitrogens is 4. The van der Waals surface area contributed by atoms with E-state index in [0.29, 0.717) is 5.92 Å². The zero-order valence-corrected chi connectivity index (χ0v) is 20.9. The third kappa shape index (κ3) is 5.75. The van der Waals surface area contributed by atoms with E-state index in [1.807, 2.05) is 54.2 Å². The lowest BCUT2D eigenvalue weighted by atomic mass is 9.90. The minimum atomic E-state index is 0.287. The van der Waals surface area contributed by atoms with Gasteiger partial charge >= 0.3 is 0 Å². The average molecular weight is 470 g/mol. The molecule has 0 aliphatic heterocycles. The highest BCUT2D eigenvalue weighted by atomic mass is 32.1. The van der Waals surface area contributed by atoms with Gasteiger partial charge in [-0.1, -0.05) is 56.0 Å². The average Bonchev–Trinajstić information content (AvgIpc) is 3.48. The molecule has 5 nitrogen and oxygen atoms in total. The van der Waals surface area contributed by atoms with Crippen molar-refractivity contribution in [3.05, 3.63) is 94.6 Å². The molecule has 0 aliphatic rings. The van der Waals surface area contributed by atoms with Crippen LogP contribution >= 0.6 is 11.3 Å². The number of para-hydroxylation sites is 1. The van der Waals surface area contributed by atoms with Crippen molar-refractivity contribution in [2.45, 2.75) is 40.0 Å². The molecule has 0 saturated heterocycles. The second-order valence-electron chi connectivity index (χ2n) is 8.74. The number of fused-ring (bicyclic) bond motifs is 1. The van der Waals surface area contributed by atoms with Crippen LogP contribution in [0.1, 0.15) is 37.0 Å². The number of allylic oxidation sites excluding steroid dienone is 3. The summed E-state index contributed by atoms with van der Waals surface area (Å²) >= 11 is 1.74. The SMILES string of the molecule is C=C(/N=C\C=C/C)C(Cc1nc(CCc2cccc(-n3nnc4ccccc43)c2)cs1)C(C)C. The van der Waals surface area contributed by atoms with Gasteiger partial charge in [0.05, 0.1) is 21.9 Å². The number of thiazole rings is 1. The zero-order valence-electron chi connectivity index (χ0n) is 20.1. The number of rotatable bonds is 10. The van der Waals surface area contributed by atoms with Crippen molar-refractivity contribution in [3.8, 4) is 5.69 Å². The Morgan fingerprint density at radius 2 is 2.00 bits per heavy atom. The van der Waals surface area contributed by atoms with Crippen molar-refractivity contribution >= 4 is 28.6 Å². The van der Waals surface area contributed by atoms with Crippen LogP contribution in [-0.2, 0) is 19.3 Å². The topological polar surface area (TPSA) is 56.0 Å². The van der Waals surface area contributed by atoms with Crippen LogP contribution in [0.3, 0.4) is 0 Å². The van der Waals surface area contributed by atoms with Crippen LogP contribution in [0.4, 0.5) is 0 Å².